The largest absolute Gasteiger partial charge is 0.508 e. The molecule has 4 rings (SSSR count). The van der Waals surface area contributed by atoms with Gasteiger partial charge < -0.3 is 15.7 Å². The Kier molecular flexibility index (Phi) is 9.51. The molecule has 0 spiro atoms. The summed E-state index contributed by atoms with van der Waals surface area (Å²) in [5.41, 5.74) is 1.64. The number of amides is 2. The highest BCUT2D eigenvalue weighted by Crippen LogP contribution is 2.36. The molecular formula is C30H33FN4O5S. The maximum Gasteiger partial charge on any atom is 0.243 e. The molecular weight excluding hydrogens is 547 g/mol. The molecule has 0 fully saturated rings. The molecule has 2 aromatic carbocycles. The van der Waals surface area contributed by atoms with Crippen molar-refractivity contribution in [3.63, 3.8) is 0 Å². The van der Waals surface area contributed by atoms with Gasteiger partial charge in [-0.05, 0) is 72.7 Å². The van der Waals surface area contributed by atoms with Crippen LogP contribution in [0.3, 0.4) is 0 Å². The van der Waals surface area contributed by atoms with Gasteiger partial charge in [0.05, 0.1) is 5.54 Å². The van der Waals surface area contributed by atoms with Crippen molar-refractivity contribution >= 4 is 21.8 Å². The number of sulfonamides is 1. The topological polar surface area (TPSA) is 137 Å². The first-order valence-electron chi connectivity index (χ1n) is 13.3. The number of hydrogen-bond donors (Lipinski definition) is 4. The Labute approximate surface area is 239 Å². The Hall–Kier alpha value is -4.09. The van der Waals surface area contributed by atoms with Gasteiger partial charge in [0.1, 0.15) is 22.5 Å². The number of carbonyl (C=O) groups excluding carboxylic acids is 2. The number of phenols is 1. The third-order valence-corrected chi connectivity index (χ3v) is 8.39. The number of hydrogen-bond acceptors (Lipinski definition) is 6. The summed E-state index contributed by atoms with van der Waals surface area (Å²) in [7, 11) is -4.02. The molecule has 9 nitrogen and oxygen atoms in total. The lowest BCUT2D eigenvalue weighted by atomic mass is 9.77. The molecule has 1 unspecified atom stereocenters. The highest BCUT2D eigenvalue weighted by molar-refractivity contribution is 7.89. The molecule has 3 aromatic rings. The van der Waals surface area contributed by atoms with Gasteiger partial charge in [0.15, 0.2) is 0 Å². The average Bonchev–Trinajstić information content (AvgIpc) is 2.92. The van der Waals surface area contributed by atoms with Crippen molar-refractivity contribution in [1.82, 2.24) is 20.3 Å². The molecule has 216 valence electrons. The van der Waals surface area contributed by atoms with E-state index in [-0.39, 0.29) is 24.6 Å². The number of nitrogens with zero attached hydrogens (tertiary/aromatic N) is 1. The van der Waals surface area contributed by atoms with Crippen molar-refractivity contribution in [2.75, 3.05) is 6.54 Å². The Morgan fingerprint density at radius 2 is 1.93 bits per heavy atom. The van der Waals surface area contributed by atoms with Gasteiger partial charge in [-0.3, -0.25) is 14.6 Å². The summed E-state index contributed by atoms with van der Waals surface area (Å²) >= 11 is 0. The minimum absolute atomic E-state index is 0.0373. The zero-order valence-corrected chi connectivity index (χ0v) is 23.5. The Morgan fingerprint density at radius 3 is 2.66 bits per heavy atom. The molecule has 41 heavy (non-hydrogen) atoms. The number of phenolic OH excluding ortho intramolecular Hbond substituents is 1. The van der Waals surface area contributed by atoms with Gasteiger partial charge in [-0.2, -0.15) is 0 Å². The highest BCUT2D eigenvalue weighted by Gasteiger charge is 2.37. The van der Waals surface area contributed by atoms with E-state index in [1.54, 1.807) is 30.6 Å². The number of allylic oxidation sites excluding steroid dienone is 1. The summed E-state index contributed by atoms with van der Waals surface area (Å²) in [4.78, 5) is 29.5. The van der Waals surface area contributed by atoms with Crippen molar-refractivity contribution < 1.29 is 27.5 Å². The number of halogens is 1. The quantitative estimate of drug-likeness (QED) is 0.192. The molecule has 0 saturated carbocycles. The number of aromatic nitrogens is 1. The fraction of sp³-hybridized carbons (Fsp3) is 0.300. The summed E-state index contributed by atoms with van der Waals surface area (Å²) in [6.45, 7) is 1.36. The van der Waals surface area contributed by atoms with E-state index in [1.165, 1.54) is 25.1 Å². The van der Waals surface area contributed by atoms with Crippen LogP contribution in [-0.2, 0) is 38.0 Å². The molecule has 1 aliphatic rings. The number of unbranched alkanes of at least 4 members (excludes halogenated alkanes) is 1. The number of carbonyl (C=O) groups is 2. The molecule has 1 heterocycles. The maximum atomic E-state index is 13.9. The van der Waals surface area contributed by atoms with E-state index >= 15 is 0 Å². The minimum atomic E-state index is -4.02. The maximum absolute atomic E-state index is 13.9. The molecule has 4 N–H and O–H groups in total. The molecule has 2 atom stereocenters. The predicted molar refractivity (Wildman–Crippen MR) is 152 cm³/mol. The van der Waals surface area contributed by atoms with Gasteiger partial charge in [-0.15, -0.1) is 0 Å². The number of fused-ring (bicyclic) bond motifs is 1. The van der Waals surface area contributed by atoms with Crippen LogP contribution in [0.15, 0.2) is 84.0 Å². The van der Waals surface area contributed by atoms with Gasteiger partial charge in [-0.25, -0.2) is 17.5 Å². The summed E-state index contributed by atoms with van der Waals surface area (Å²) in [6.07, 6.45) is 9.27. The van der Waals surface area contributed by atoms with E-state index in [4.69, 9.17) is 0 Å². The van der Waals surface area contributed by atoms with Crippen LogP contribution in [-0.4, -0.2) is 42.9 Å². The molecule has 0 radical (unpaired) electrons. The number of benzene rings is 2. The fourth-order valence-corrected chi connectivity index (χ4v) is 6.19. The van der Waals surface area contributed by atoms with Crippen molar-refractivity contribution in [3.05, 3.63) is 102 Å². The van der Waals surface area contributed by atoms with Crippen molar-refractivity contribution in [2.45, 2.75) is 55.5 Å². The number of nitrogens with one attached hydrogen (secondary N) is 3. The standard InChI is InChI=1S/C30H33FN4O5S/c1-21(36)34-27(11-4-5-17-33-41(39,40)28-12-3-2-10-26(28)31)29(38)35-30(19-22-8-7-16-32-20-22)15-6-9-23-18-24(37)13-14-25(23)30/h2-3,6-8,10,12-16,18,20,27,33,37H,4-5,9,11,17,19H2,1H3,(H,34,36)(H,35,38)/t27-,30?/m0/s1. The SMILES string of the molecule is CC(=O)N[C@@H](CCCCNS(=O)(=O)c1ccccc1F)C(=O)NC1(Cc2cccnc2)C=CCc2cc(O)ccc21. The summed E-state index contributed by atoms with van der Waals surface area (Å²) in [6, 6.07) is 13.0. The van der Waals surface area contributed by atoms with Crippen molar-refractivity contribution in [3.8, 4) is 5.75 Å². The zero-order valence-electron chi connectivity index (χ0n) is 22.6. The van der Waals surface area contributed by atoms with Crippen LogP contribution in [0.1, 0.15) is 42.9 Å². The second-order valence-corrected chi connectivity index (χ2v) is 11.8. The van der Waals surface area contributed by atoms with Crippen LogP contribution in [0.5, 0.6) is 5.75 Å². The second kappa shape index (κ2) is 13.0. The molecule has 1 aliphatic carbocycles. The Balaban J connectivity index is 1.47. The van der Waals surface area contributed by atoms with Crippen LogP contribution in [0.4, 0.5) is 4.39 Å². The first-order valence-corrected chi connectivity index (χ1v) is 14.8. The minimum Gasteiger partial charge on any atom is -0.508 e. The smallest absolute Gasteiger partial charge is 0.243 e. The van der Waals surface area contributed by atoms with Crippen molar-refractivity contribution in [2.24, 2.45) is 0 Å². The summed E-state index contributed by atoms with van der Waals surface area (Å²) in [5.74, 6) is -1.49. The Morgan fingerprint density at radius 1 is 1.12 bits per heavy atom. The Bertz CT molecular complexity index is 1530. The fourth-order valence-electron chi connectivity index (χ4n) is 5.03. The van der Waals surface area contributed by atoms with E-state index in [0.717, 1.165) is 22.8 Å². The van der Waals surface area contributed by atoms with E-state index < -0.39 is 38.2 Å². The first-order chi connectivity index (χ1) is 19.6. The lowest BCUT2D eigenvalue weighted by molar-refractivity contribution is -0.129. The normalized spacial score (nSPS) is 16.9. The molecule has 1 aromatic heterocycles. The third-order valence-electron chi connectivity index (χ3n) is 6.89. The molecule has 2 amide bonds. The first kappa shape index (κ1) is 29.9. The monoisotopic (exact) mass is 580 g/mol. The van der Waals surface area contributed by atoms with Gasteiger partial charge in [-0.1, -0.05) is 36.4 Å². The summed E-state index contributed by atoms with van der Waals surface area (Å²) in [5, 5.41) is 15.9. The molecule has 0 aliphatic heterocycles. The second-order valence-electron chi connectivity index (χ2n) is 10.0. The molecule has 0 saturated heterocycles. The summed E-state index contributed by atoms with van der Waals surface area (Å²) < 4.78 is 41.2. The molecule has 11 heteroatoms. The van der Waals surface area contributed by atoms with Crippen LogP contribution < -0.4 is 15.4 Å². The predicted octanol–water partition coefficient (Wildman–Crippen LogP) is 3.25. The van der Waals surface area contributed by atoms with Crippen LogP contribution in [0.2, 0.25) is 0 Å². The lowest BCUT2D eigenvalue weighted by Gasteiger charge is -2.38. The third kappa shape index (κ3) is 7.56. The number of aromatic hydroxyl groups is 1. The van der Waals surface area contributed by atoms with Gasteiger partial charge in [0, 0.05) is 32.3 Å². The van der Waals surface area contributed by atoms with E-state index in [9.17, 15) is 27.5 Å². The highest BCUT2D eigenvalue weighted by atomic mass is 32.2. The van der Waals surface area contributed by atoms with Crippen LogP contribution in [0, 0.1) is 5.82 Å². The van der Waals surface area contributed by atoms with E-state index in [2.05, 4.69) is 20.3 Å². The van der Waals surface area contributed by atoms with Gasteiger partial charge >= 0.3 is 0 Å². The van der Waals surface area contributed by atoms with Crippen LogP contribution >= 0.6 is 0 Å². The number of pyridine rings is 1. The lowest BCUT2D eigenvalue weighted by Crippen LogP contribution is -2.54. The van der Waals surface area contributed by atoms with E-state index in [1.807, 2.05) is 24.3 Å². The average molecular weight is 581 g/mol. The van der Waals surface area contributed by atoms with Crippen molar-refractivity contribution in [1.29, 1.82) is 0 Å². The van der Waals surface area contributed by atoms with Crippen LogP contribution in [0.25, 0.3) is 0 Å². The van der Waals surface area contributed by atoms with Gasteiger partial charge in [0.25, 0.3) is 0 Å². The molecule has 0 bridgehead atoms. The van der Waals surface area contributed by atoms with Gasteiger partial charge in [0.2, 0.25) is 21.8 Å². The number of rotatable bonds is 12. The van der Waals surface area contributed by atoms with E-state index in [0.29, 0.717) is 25.7 Å². The zero-order chi connectivity index (χ0) is 29.5.